The van der Waals surface area contributed by atoms with Gasteiger partial charge in [-0.15, -0.1) is 5.10 Å². The van der Waals surface area contributed by atoms with Crippen molar-refractivity contribution in [3.8, 4) is 0 Å². The summed E-state index contributed by atoms with van der Waals surface area (Å²) in [6, 6.07) is 25.0. The first-order valence-corrected chi connectivity index (χ1v) is 9.62. The first-order valence-electron chi connectivity index (χ1n) is 9.62. The van der Waals surface area contributed by atoms with Crippen LogP contribution in [0.5, 0.6) is 0 Å². The summed E-state index contributed by atoms with van der Waals surface area (Å²) in [5.41, 5.74) is 2.79. The topological polar surface area (TPSA) is 77.6 Å². The molecule has 1 aliphatic heterocycles. The highest BCUT2D eigenvalue weighted by molar-refractivity contribution is 6.13. The summed E-state index contributed by atoms with van der Waals surface area (Å²) in [4.78, 5) is 29.8. The van der Waals surface area contributed by atoms with Gasteiger partial charge in [0.05, 0.1) is 0 Å². The van der Waals surface area contributed by atoms with Gasteiger partial charge in [0.15, 0.2) is 11.9 Å². The largest absolute Gasteiger partial charge is 0.361 e. The van der Waals surface area contributed by atoms with E-state index in [2.05, 4.69) is 15.4 Å². The molecule has 2 amide bonds. The van der Waals surface area contributed by atoms with Crippen LogP contribution in [0.2, 0.25) is 0 Å². The number of amidine groups is 1. The summed E-state index contributed by atoms with van der Waals surface area (Å²) in [7, 11) is 0. The number of aromatic nitrogens is 1. The second-order valence-electron chi connectivity index (χ2n) is 7.01. The number of benzene rings is 3. The van der Waals surface area contributed by atoms with Gasteiger partial charge < -0.3 is 10.3 Å². The quantitative estimate of drug-likeness (QED) is 0.554. The summed E-state index contributed by atoms with van der Waals surface area (Å²) in [5, 5.41) is 9.61. The van der Waals surface area contributed by atoms with Gasteiger partial charge >= 0.3 is 0 Å². The third kappa shape index (κ3) is 3.04. The Morgan fingerprint density at radius 3 is 2.30 bits per heavy atom. The Kier molecular flexibility index (Phi) is 4.37. The predicted molar refractivity (Wildman–Crippen MR) is 115 cm³/mol. The number of amides is 2. The molecular formula is C24H18N4O2. The molecule has 1 aromatic heterocycles. The first kappa shape index (κ1) is 17.9. The lowest BCUT2D eigenvalue weighted by atomic mass is 10.0. The molecule has 3 aromatic carbocycles. The molecule has 0 fully saturated rings. The molecule has 6 heteroatoms. The Hall–Kier alpha value is -4.19. The molecule has 1 unspecified atom stereocenters. The number of carbonyl (C=O) groups excluding carboxylic acids is 2. The second-order valence-corrected chi connectivity index (χ2v) is 7.01. The zero-order chi connectivity index (χ0) is 20.5. The molecule has 0 aliphatic carbocycles. The molecule has 0 radical (unpaired) electrons. The molecule has 1 atom stereocenters. The van der Waals surface area contributed by atoms with Crippen molar-refractivity contribution in [1.29, 1.82) is 0 Å². The van der Waals surface area contributed by atoms with Crippen molar-refractivity contribution in [2.75, 3.05) is 0 Å². The maximum atomic E-state index is 13.4. The smallest absolute Gasteiger partial charge is 0.275 e. The Morgan fingerprint density at radius 1 is 0.867 bits per heavy atom. The van der Waals surface area contributed by atoms with Gasteiger partial charge in [0.25, 0.3) is 11.8 Å². The van der Waals surface area contributed by atoms with Crippen LogP contribution in [-0.2, 0) is 4.79 Å². The number of para-hydroxylation sites is 1. The third-order valence-corrected chi connectivity index (χ3v) is 5.13. The van der Waals surface area contributed by atoms with Gasteiger partial charge in [-0.25, -0.2) is 5.01 Å². The van der Waals surface area contributed by atoms with E-state index in [0.717, 1.165) is 16.5 Å². The van der Waals surface area contributed by atoms with Crippen molar-refractivity contribution < 1.29 is 9.59 Å². The third-order valence-electron chi connectivity index (χ3n) is 5.13. The molecule has 1 aliphatic rings. The minimum atomic E-state index is -0.888. The van der Waals surface area contributed by atoms with Crippen LogP contribution >= 0.6 is 0 Å². The highest BCUT2D eigenvalue weighted by Crippen LogP contribution is 2.32. The Labute approximate surface area is 172 Å². The predicted octanol–water partition coefficient (Wildman–Crippen LogP) is 3.84. The number of nitrogens with one attached hydrogen (secondary N) is 2. The van der Waals surface area contributed by atoms with E-state index in [1.54, 1.807) is 30.5 Å². The minimum absolute atomic E-state index is 0.308. The number of hydrogen-bond acceptors (Lipinski definition) is 3. The van der Waals surface area contributed by atoms with E-state index < -0.39 is 6.04 Å². The minimum Gasteiger partial charge on any atom is -0.361 e. The molecule has 0 saturated carbocycles. The molecule has 2 N–H and O–H groups in total. The molecule has 146 valence electrons. The summed E-state index contributed by atoms with van der Waals surface area (Å²) in [5.74, 6) is -0.298. The molecule has 0 bridgehead atoms. The number of H-pyrrole nitrogens is 1. The molecule has 5 rings (SSSR count). The van der Waals surface area contributed by atoms with E-state index in [-0.39, 0.29) is 11.8 Å². The van der Waals surface area contributed by atoms with Crippen molar-refractivity contribution in [3.05, 3.63) is 108 Å². The summed E-state index contributed by atoms with van der Waals surface area (Å²) in [6.45, 7) is 0. The summed E-state index contributed by atoms with van der Waals surface area (Å²) < 4.78 is 0. The number of hydrazone groups is 1. The van der Waals surface area contributed by atoms with Crippen molar-refractivity contribution in [2.45, 2.75) is 6.04 Å². The number of fused-ring (bicyclic) bond motifs is 1. The van der Waals surface area contributed by atoms with Crippen LogP contribution in [0.25, 0.3) is 10.9 Å². The van der Waals surface area contributed by atoms with Crippen LogP contribution in [0.15, 0.2) is 96.2 Å². The number of nitrogens with zero attached hydrogens (tertiary/aromatic N) is 2. The molecule has 0 spiro atoms. The average molecular weight is 394 g/mol. The maximum absolute atomic E-state index is 13.4. The van der Waals surface area contributed by atoms with E-state index in [9.17, 15) is 9.59 Å². The second kappa shape index (κ2) is 7.33. The van der Waals surface area contributed by atoms with Crippen LogP contribution in [0.1, 0.15) is 27.5 Å². The van der Waals surface area contributed by atoms with Gasteiger partial charge in [-0.05, 0) is 18.2 Å². The van der Waals surface area contributed by atoms with Crippen molar-refractivity contribution in [2.24, 2.45) is 5.10 Å². The molecule has 4 aromatic rings. The zero-order valence-electron chi connectivity index (χ0n) is 15.9. The number of hydrogen-bond donors (Lipinski definition) is 2. The lowest BCUT2D eigenvalue weighted by Gasteiger charge is -2.31. The Morgan fingerprint density at radius 2 is 1.53 bits per heavy atom. The highest BCUT2D eigenvalue weighted by atomic mass is 16.2. The van der Waals surface area contributed by atoms with E-state index in [0.29, 0.717) is 17.0 Å². The standard InChI is InChI=1S/C24H18N4O2/c29-23-21(19-15-25-20-14-8-7-13-18(19)20)28(24(30)17-11-5-2-6-12-17)27-22(26-23)16-9-3-1-4-10-16/h1-15,21,25H,(H,26,27,29). The van der Waals surface area contributed by atoms with Crippen molar-refractivity contribution in [3.63, 3.8) is 0 Å². The Bertz CT molecular complexity index is 1260. The maximum Gasteiger partial charge on any atom is 0.275 e. The van der Waals surface area contributed by atoms with Gasteiger partial charge in [0.2, 0.25) is 0 Å². The van der Waals surface area contributed by atoms with E-state index in [1.165, 1.54) is 5.01 Å². The van der Waals surface area contributed by atoms with E-state index >= 15 is 0 Å². The molecule has 0 saturated heterocycles. The van der Waals surface area contributed by atoms with E-state index in [1.807, 2.05) is 60.7 Å². The number of aromatic amines is 1. The van der Waals surface area contributed by atoms with Gasteiger partial charge in [0, 0.05) is 33.8 Å². The number of carbonyl (C=O) groups is 2. The van der Waals surface area contributed by atoms with Gasteiger partial charge in [-0.2, -0.15) is 0 Å². The van der Waals surface area contributed by atoms with Crippen LogP contribution in [0.4, 0.5) is 0 Å². The fraction of sp³-hybridized carbons (Fsp3) is 0.0417. The molecule has 6 nitrogen and oxygen atoms in total. The summed E-state index contributed by atoms with van der Waals surface area (Å²) in [6.07, 6.45) is 1.77. The molecule has 30 heavy (non-hydrogen) atoms. The van der Waals surface area contributed by atoms with Crippen LogP contribution < -0.4 is 5.32 Å². The van der Waals surface area contributed by atoms with Gasteiger partial charge in [-0.3, -0.25) is 9.59 Å². The van der Waals surface area contributed by atoms with Gasteiger partial charge in [0.1, 0.15) is 0 Å². The number of rotatable bonds is 3. The fourth-order valence-electron chi connectivity index (χ4n) is 3.68. The first-order chi connectivity index (χ1) is 14.7. The van der Waals surface area contributed by atoms with Crippen molar-refractivity contribution in [1.82, 2.24) is 15.3 Å². The monoisotopic (exact) mass is 394 g/mol. The van der Waals surface area contributed by atoms with Gasteiger partial charge in [-0.1, -0.05) is 66.7 Å². The van der Waals surface area contributed by atoms with Crippen molar-refractivity contribution >= 4 is 28.6 Å². The zero-order valence-corrected chi connectivity index (χ0v) is 15.9. The van der Waals surface area contributed by atoms with Crippen LogP contribution in [0, 0.1) is 0 Å². The fourth-order valence-corrected chi connectivity index (χ4v) is 3.68. The molecule has 2 heterocycles. The highest BCUT2D eigenvalue weighted by Gasteiger charge is 2.38. The van der Waals surface area contributed by atoms with Crippen LogP contribution in [-0.4, -0.2) is 27.6 Å². The lowest BCUT2D eigenvalue weighted by Crippen LogP contribution is -2.49. The average Bonchev–Trinajstić information content (AvgIpc) is 3.23. The van der Waals surface area contributed by atoms with E-state index in [4.69, 9.17) is 0 Å². The Balaban J connectivity index is 1.66. The lowest BCUT2D eigenvalue weighted by molar-refractivity contribution is -0.125. The summed E-state index contributed by atoms with van der Waals surface area (Å²) >= 11 is 0. The normalized spacial score (nSPS) is 16.3. The van der Waals surface area contributed by atoms with Crippen LogP contribution in [0.3, 0.4) is 0 Å². The SMILES string of the molecule is O=C1NC(c2ccccc2)=NN(C(=O)c2ccccc2)C1c1c[nH]c2ccccc12. The molecular weight excluding hydrogens is 376 g/mol.